The molecule has 8 heteroatoms. The van der Waals surface area contributed by atoms with E-state index in [4.69, 9.17) is 0 Å². The van der Waals surface area contributed by atoms with Crippen LogP contribution in [0.2, 0.25) is 0 Å². The minimum atomic E-state index is -3.67. The van der Waals surface area contributed by atoms with Gasteiger partial charge < -0.3 is 10.2 Å². The lowest BCUT2D eigenvalue weighted by molar-refractivity contribution is -0.117. The fourth-order valence-electron chi connectivity index (χ4n) is 3.23. The molecule has 3 rings (SSSR count). The van der Waals surface area contributed by atoms with E-state index in [1.165, 1.54) is 31.2 Å². The minimum absolute atomic E-state index is 0.0782. The highest BCUT2D eigenvalue weighted by Gasteiger charge is 2.23. The first-order valence-corrected chi connectivity index (χ1v) is 10.6. The summed E-state index contributed by atoms with van der Waals surface area (Å²) in [5.74, 6) is -1.43. The molecule has 28 heavy (non-hydrogen) atoms. The molecule has 0 bridgehead atoms. The summed E-state index contributed by atoms with van der Waals surface area (Å²) in [6.45, 7) is 2.10. The Balaban J connectivity index is 1.69. The van der Waals surface area contributed by atoms with Crippen LogP contribution in [-0.4, -0.2) is 32.5 Å². The summed E-state index contributed by atoms with van der Waals surface area (Å²) < 4.78 is 38.4. The Morgan fingerprint density at radius 1 is 1.18 bits per heavy atom. The van der Waals surface area contributed by atoms with Gasteiger partial charge in [0.2, 0.25) is 11.8 Å². The number of nitrogens with one attached hydrogen (secondary N) is 1. The first-order valence-electron chi connectivity index (χ1n) is 8.95. The van der Waals surface area contributed by atoms with Crippen LogP contribution in [0, 0.1) is 5.82 Å². The van der Waals surface area contributed by atoms with E-state index in [1.54, 1.807) is 17.0 Å². The van der Waals surface area contributed by atoms with Gasteiger partial charge in [-0.3, -0.25) is 9.59 Å². The lowest BCUT2D eigenvalue weighted by atomic mass is 10.0. The number of carbonyl (C=O) groups is 2. The van der Waals surface area contributed by atoms with Gasteiger partial charge in [0.15, 0.2) is 9.84 Å². The third-order valence-corrected chi connectivity index (χ3v) is 6.33. The van der Waals surface area contributed by atoms with Gasteiger partial charge in [0.1, 0.15) is 5.82 Å². The monoisotopic (exact) mass is 404 g/mol. The second kappa shape index (κ2) is 8.10. The molecule has 0 unspecified atom stereocenters. The summed E-state index contributed by atoms with van der Waals surface area (Å²) in [6.07, 6.45) is 1.23. The molecule has 0 aromatic heterocycles. The molecule has 2 amide bonds. The highest BCUT2D eigenvalue weighted by molar-refractivity contribution is 7.91. The van der Waals surface area contributed by atoms with Crippen molar-refractivity contribution in [1.82, 2.24) is 0 Å². The predicted octanol–water partition coefficient (Wildman–Crippen LogP) is 2.93. The van der Waals surface area contributed by atoms with Crippen molar-refractivity contribution in [2.45, 2.75) is 31.1 Å². The van der Waals surface area contributed by atoms with Crippen molar-refractivity contribution in [1.29, 1.82) is 0 Å². The van der Waals surface area contributed by atoms with Crippen LogP contribution in [-0.2, 0) is 25.8 Å². The van der Waals surface area contributed by atoms with Gasteiger partial charge in [-0.2, -0.15) is 0 Å². The molecule has 148 valence electrons. The Kier molecular flexibility index (Phi) is 5.79. The molecular weight excluding hydrogens is 383 g/mol. The Labute approximate surface area is 163 Å². The van der Waals surface area contributed by atoms with Crippen molar-refractivity contribution in [3.05, 3.63) is 53.8 Å². The minimum Gasteiger partial charge on any atom is -0.326 e. The Morgan fingerprint density at radius 2 is 1.96 bits per heavy atom. The number of carbonyl (C=O) groups excluding carboxylic acids is 2. The molecular formula is C20H21FN2O4S. The van der Waals surface area contributed by atoms with E-state index in [0.29, 0.717) is 13.0 Å². The normalized spacial score (nSPS) is 13.7. The number of hydrogen-bond acceptors (Lipinski definition) is 4. The van der Waals surface area contributed by atoms with Crippen LogP contribution in [0.25, 0.3) is 0 Å². The molecule has 6 nitrogen and oxygen atoms in total. The molecule has 2 aromatic rings. The zero-order chi connectivity index (χ0) is 20.3. The molecule has 1 N–H and O–H groups in total. The Hall–Kier alpha value is -2.74. The number of halogens is 1. The van der Waals surface area contributed by atoms with Crippen molar-refractivity contribution in [2.24, 2.45) is 0 Å². The standard InChI is InChI=1S/C20H21FN2O4S/c1-14(24)23-10-3-4-15-12-18(7-8-19(15)23)28(26,27)11-9-20(25)22-17-6-2-5-16(21)13-17/h2,5-8,12-13H,3-4,9-11H2,1H3,(H,22,25). The summed E-state index contributed by atoms with van der Waals surface area (Å²) in [7, 11) is -3.67. The lowest BCUT2D eigenvalue weighted by Gasteiger charge is -2.28. The molecule has 2 aromatic carbocycles. The summed E-state index contributed by atoms with van der Waals surface area (Å²) in [4.78, 5) is 25.5. The van der Waals surface area contributed by atoms with Crippen LogP contribution in [0.1, 0.15) is 25.3 Å². The van der Waals surface area contributed by atoms with Gasteiger partial charge in [-0.1, -0.05) is 6.07 Å². The fourth-order valence-corrected chi connectivity index (χ4v) is 4.52. The van der Waals surface area contributed by atoms with E-state index in [9.17, 15) is 22.4 Å². The van der Waals surface area contributed by atoms with E-state index in [2.05, 4.69) is 5.32 Å². The average Bonchev–Trinajstić information content (AvgIpc) is 2.65. The van der Waals surface area contributed by atoms with Crippen LogP contribution < -0.4 is 10.2 Å². The molecule has 0 radical (unpaired) electrons. The van der Waals surface area contributed by atoms with Gasteiger partial charge in [0.25, 0.3) is 0 Å². The van der Waals surface area contributed by atoms with E-state index in [0.717, 1.165) is 23.7 Å². The fraction of sp³-hybridized carbons (Fsp3) is 0.300. The highest BCUT2D eigenvalue weighted by atomic mass is 32.2. The quantitative estimate of drug-likeness (QED) is 0.831. The third kappa shape index (κ3) is 4.56. The first kappa shape index (κ1) is 20.0. The van der Waals surface area contributed by atoms with Crippen LogP contribution in [0.5, 0.6) is 0 Å². The van der Waals surface area contributed by atoms with Crippen LogP contribution in [0.4, 0.5) is 15.8 Å². The number of nitrogens with zero attached hydrogens (tertiary/aromatic N) is 1. The number of fused-ring (bicyclic) bond motifs is 1. The summed E-state index contributed by atoms with van der Waals surface area (Å²) in [5, 5.41) is 2.49. The zero-order valence-electron chi connectivity index (χ0n) is 15.4. The van der Waals surface area contributed by atoms with E-state index >= 15 is 0 Å². The van der Waals surface area contributed by atoms with E-state index in [1.807, 2.05) is 0 Å². The largest absolute Gasteiger partial charge is 0.326 e. The van der Waals surface area contributed by atoms with Crippen molar-refractivity contribution >= 4 is 33.0 Å². The number of anilines is 2. The number of aryl methyl sites for hydroxylation is 1. The zero-order valence-corrected chi connectivity index (χ0v) is 16.3. The van der Waals surface area contributed by atoms with Gasteiger partial charge >= 0.3 is 0 Å². The SMILES string of the molecule is CC(=O)N1CCCc2cc(S(=O)(=O)CCC(=O)Nc3cccc(F)c3)ccc21. The molecule has 0 saturated carbocycles. The number of amides is 2. The number of rotatable bonds is 5. The molecule has 1 heterocycles. The molecule has 0 spiro atoms. The average molecular weight is 404 g/mol. The molecule has 0 atom stereocenters. The van der Waals surface area contributed by atoms with Crippen molar-refractivity contribution in [3.63, 3.8) is 0 Å². The van der Waals surface area contributed by atoms with Gasteiger partial charge in [0, 0.05) is 31.3 Å². The topological polar surface area (TPSA) is 83.6 Å². The first-order chi connectivity index (χ1) is 13.3. The Morgan fingerprint density at radius 3 is 2.68 bits per heavy atom. The highest BCUT2D eigenvalue weighted by Crippen LogP contribution is 2.30. The van der Waals surface area contributed by atoms with Gasteiger partial charge in [0.05, 0.1) is 10.6 Å². The maximum Gasteiger partial charge on any atom is 0.225 e. The smallest absolute Gasteiger partial charge is 0.225 e. The summed E-state index contributed by atoms with van der Waals surface area (Å²) in [6, 6.07) is 10.1. The van der Waals surface area contributed by atoms with Crippen LogP contribution in [0.15, 0.2) is 47.4 Å². The number of sulfone groups is 1. The van der Waals surface area contributed by atoms with E-state index in [-0.39, 0.29) is 28.7 Å². The third-order valence-electron chi connectivity index (χ3n) is 4.62. The van der Waals surface area contributed by atoms with Crippen molar-refractivity contribution in [2.75, 3.05) is 22.5 Å². The second-order valence-electron chi connectivity index (χ2n) is 6.69. The van der Waals surface area contributed by atoms with Crippen molar-refractivity contribution < 1.29 is 22.4 Å². The molecule has 0 fully saturated rings. The maximum absolute atomic E-state index is 13.2. The lowest BCUT2D eigenvalue weighted by Crippen LogP contribution is -2.33. The number of hydrogen-bond donors (Lipinski definition) is 1. The Bertz CT molecular complexity index is 1020. The van der Waals surface area contributed by atoms with Crippen LogP contribution in [0.3, 0.4) is 0 Å². The number of benzene rings is 2. The summed E-state index contributed by atoms with van der Waals surface area (Å²) >= 11 is 0. The van der Waals surface area contributed by atoms with E-state index < -0.39 is 21.6 Å². The van der Waals surface area contributed by atoms with Crippen LogP contribution >= 0.6 is 0 Å². The molecule has 0 aliphatic carbocycles. The van der Waals surface area contributed by atoms with Crippen molar-refractivity contribution in [3.8, 4) is 0 Å². The van der Waals surface area contributed by atoms with Gasteiger partial charge in [-0.15, -0.1) is 0 Å². The van der Waals surface area contributed by atoms with Gasteiger partial charge in [-0.25, -0.2) is 12.8 Å². The molecule has 1 aliphatic heterocycles. The summed E-state index contributed by atoms with van der Waals surface area (Å²) in [5.41, 5.74) is 1.83. The maximum atomic E-state index is 13.2. The predicted molar refractivity (Wildman–Crippen MR) is 104 cm³/mol. The second-order valence-corrected chi connectivity index (χ2v) is 8.80. The molecule has 0 saturated heterocycles. The molecule has 1 aliphatic rings. The van der Waals surface area contributed by atoms with Gasteiger partial charge in [-0.05, 0) is 54.8 Å².